The van der Waals surface area contributed by atoms with Gasteiger partial charge in [-0.15, -0.1) is 0 Å². The molecule has 0 bridgehead atoms. The van der Waals surface area contributed by atoms with E-state index in [9.17, 15) is 13.2 Å². The average Bonchev–Trinajstić information content (AvgIpc) is 2.58. The van der Waals surface area contributed by atoms with Crippen LogP contribution >= 0.6 is 11.6 Å². The summed E-state index contributed by atoms with van der Waals surface area (Å²) in [6, 6.07) is 11.1. The highest BCUT2D eigenvalue weighted by Gasteiger charge is 2.18. The highest BCUT2D eigenvalue weighted by molar-refractivity contribution is 7.92. The first-order valence-corrected chi connectivity index (χ1v) is 9.67. The van der Waals surface area contributed by atoms with Gasteiger partial charge in [0.2, 0.25) is 5.91 Å². The van der Waals surface area contributed by atoms with Crippen LogP contribution in [0.1, 0.15) is 12.5 Å². The highest BCUT2D eigenvalue weighted by Crippen LogP contribution is 2.23. The Morgan fingerprint density at radius 2 is 1.69 bits per heavy atom. The number of hydrogen-bond acceptors (Lipinski definition) is 3. The molecule has 7 heteroatoms. The Kier molecular flexibility index (Phi) is 6.60. The highest BCUT2D eigenvalue weighted by atomic mass is 35.5. The number of carbonyl (C=O) groups excluding carboxylic acids is 1. The zero-order valence-corrected chi connectivity index (χ0v) is 15.9. The average molecular weight is 391 g/mol. The number of amides is 1. The Balaban J connectivity index is 2.25. The maximum absolute atomic E-state index is 12.7. The van der Waals surface area contributed by atoms with Crippen molar-refractivity contribution in [3.05, 3.63) is 77.4 Å². The van der Waals surface area contributed by atoms with E-state index in [0.717, 1.165) is 0 Å². The van der Waals surface area contributed by atoms with Crippen LogP contribution in [0.25, 0.3) is 0 Å². The number of carbonyl (C=O) groups is 1. The summed E-state index contributed by atoms with van der Waals surface area (Å²) in [5, 5.41) is 3.16. The van der Waals surface area contributed by atoms with Gasteiger partial charge in [-0.2, -0.15) is 0 Å². The van der Waals surface area contributed by atoms with Gasteiger partial charge in [-0.1, -0.05) is 35.9 Å². The molecule has 0 heterocycles. The second-order valence-electron chi connectivity index (χ2n) is 5.47. The number of nitrogens with one attached hydrogen (secondary N) is 2. The third kappa shape index (κ3) is 5.47. The molecular formula is C19H19ClN2O3S. The molecule has 2 aromatic rings. The Labute approximate surface area is 158 Å². The van der Waals surface area contributed by atoms with E-state index < -0.39 is 10.0 Å². The molecule has 0 aliphatic carbocycles. The molecule has 0 aromatic heterocycles. The molecule has 136 valence electrons. The van der Waals surface area contributed by atoms with Gasteiger partial charge in [0.1, 0.15) is 0 Å². The van der Waals surface area contributed by atoms with E-state index in [1.165, 1.54) is 12.1 Å². The first-order chi connectivity index (χ1) is 12.3. The van der Waals surface area contributed by atoms with Gasteiger partial charge >= 0.3 is 0 Å². The van der Waals surface area contributed by atoms with Gasteiger partial charge in [0.25, 0.3) is 10.0 Å². The van der Waals surface area contributed by atoms with E-state index in [2.05, 4.69) is 10.0 Å². The topological polar surface area (TPSA) is 75.3 Å². The SMILES string of the molecule is C/C=C/C=C/C(=O)Nc1ccc(C)c(S(=O)(=O)Nc2ccc(Cl)cc2)c1. The lowest BCUT2D eigenvalue weighted by Crippen LogP contribution is -2.15. The van der Waals surface area contributed by atoms with Crippen molar-refractivity contribution in [3.8, 4) is 0 Å². The van der Waals surface area contributed by atoms with E-state index in [1.54, 1.807) is 61.5 Å². The van der Waals surface area contributed by atoms with Crippen LogP contribution in [0.2, 0.25) is 5.02 Å². The number of rotatable bonds is 6. The summed E-state index contributed by atoms with van der Waals surface area (Å²) >= 11 is 5.81. The second-order valence-corrected chi connectivity index (χ2v) is 7.55. The van der Waals surface area contributed by atoms with Crippen molar-refractivity contribution in [1.29, 1.82) is 0 Å². The summed E-state index contributed by atoms with van der Waals surface area (Å²) in [6.45, 7) is 3.53. The molecule has 26 heavy (non-hydrogen) atoms. The summed E-state index contributed by atoms with van der Waals surface area (Å²) in [4.78, 5) is 11.9. The van der Waals surface area contributed by atoms with Crippen LogP contribution < -0.4 is 10.0 Å². The van der Waals surface area contributed by atoms with Crippen molar-refractivity contribution in [3.63, 3.8) is 0 Å². The van der Waals surface area contributed by atoms with E-state index in [4.69, 9.17) is 11.6 Å². The molecule has 5 nitrogen and oxygen atoms in total. The first kappa shape index (κ1) is 19.8. The normalized spacial score (nSPS) is 11.8. The summed E-state index contributed by atoms with van der Waals surface area (Å²) < 4.78 is 27.9. The molecule has 0 aliphatic heterocycles. The van der Waals surface area contributed by atoms with Crippen molar-refractivity contribution >= 4 is 38.9 Å². The molecule has 0 saturated heterocycles. The Bertz CT molecular complexity index is 949. The second kappa shape index (κ2) is 8.69. The van der Waals surface area contributed by atoms with Gasteiger partial charge in [0, 0.05) is 22.5 Å². The third-order valence-corrected chi connectivity index (χ3v) is 5.17. The van der Waals surface area contributed by atoms with Crippen molar-refractivity contribution in [2.24, 2.45) is 0 Å². The van der Waals surface area contributed by atoms with E-state index >= 15 is 0 Å². The van der Waals surface area contributed by atoms with Crippen LogP contribution in [0.3, 0.4) is 0 Å². The molecule has 0 saturated carbocycles. The molecule has 0 radical (unpaired) electrons. The van der Waals surface area contributed by atoms with Crippen LogP contribution in [0.5, 0.6) is 0 Å². The summed E-state index contributed by atoms with van der Waals surface area (Å²) in [7, 11) is -3.81. The van der Waals surface area contributed by atoms with Crippen LogP contribution in [0.15, 0.2) is 71.7 Å². The van der Waals surface area contributed by atoms with Gasteiger partial charge in [-0.3, -0.25) is 9.52 Å². The van der Waals surface area contributed by atoms with Crippen LogP contribution in [-0.4, -0.2) is 14.3 Å². The lowest BCUT2D eigenvalue weighted by molar-refractivity contribution is -0.111. The molecule has 0 spiro atoms. The Hall–Kier alpha value is -2.57. The quantitative estimate of drug-likeness (QED) is 0.562. The number of anilines is 2. The van der Waals surface area contributed by atoms with Crippen molar-refractivity contribution < 1.29 is 13.2 Å². The maximum atomic E-state index is 12.7. The lowest BCUT2D eigenvalue weighted by Gasteiger charge is -2.12. The number of hydrogen-bond donors (Lipinski definition) is 2. The minimum absolute atomic E-state index is 0.0858. The van der Waals surface area contributed by atoms with E-state index in [1.807, 2.05) is 6.92 Å². The number of aryl methyl sites for hydroxylation is 1. The Morgan fingerprint density at radius 3 is 2.35 bits per heavy atom. The van der Waals surface area contributed by atoms with Gasteiger partial charge in [-0.25, -0.2) is 8.42 Å². The maximum Gasteiger partial charge on any atom is 0.262 e. The van der Waals surface area contributed by atoms with Crippen LogP contribution in [0, 0.1) is 6.92 Å². The monoisotopic (exact) mass is 390 g/mol. The van der Waals surface area contributed by atoms with Crippen LogP contribution in [0.4, 0.5) is 11.4 Å². The van der Waals surface area contributed by atoms with Crippen molar-refractivity contribution in [1.82, 2.24) is 0 Å². The molecule has 0 aliphatic rings. The zero-order chi connectivity index (χ0) is 19.2. The number of sulfonamides is 1. The number of allylic oxidation sites excluding steroid dienone is 3. The van der Waals surface area contributed by atoms with E-state index in [-0.39, 0.29) is 10.8 Å². The first-order valence-electron chi connectivity index (χ1n) is 7.81. The molecule has 0 fully saturated rings. The smallest absolute Gasteiger partial charge is 0.262 e. The molecule has 0 unspecified atom stereocenters. The summed E-state index contributed by atoms with van der Waals surface area (Å²) in [6.07, 6.45) is 6.48. The molecule has 2 aromatic carbocycles. The zero-order valence-electron chi connectivity index (χ0n) is 14.4. The van der Waals surface area contributed by atoms with Gasteiger partial charge in [0.05, 0.1) is 4.90 Å². The summed E-state index contributed by atoms with van der Waals surface area (Å²) in [5.41, 5.74) is 1.36. The van der Waals surface area contributed by atoms with Crippen LogP contribution in [-0.2, 0) is 14.8 Å². The Morgan fingerprint density at radius 1 is 1.04 bits per heavy atom. The standard InChI is InChI=1S/C19H19ClN2O3S/c1-3-4-5-6-19(23)21-17-10-7-14(2)18(13-17)26(24,25)22-16-11-8-15(20)9-12-16/h3-13,22H,1-2H3,(H,21,23)/b4-3+,6-5+. The predicted octanol–water partition coefficient (Wildman–Crippen LogP) is 4.52. The molecular weight excluding hydrogens is 372 g/mol. The minimum atomic E-state index is -3.81. The van der Waals surface area contributed by atoms with E-state index in [0.29, 0.717) is 22.0 Å². The molecule has 0 atom stereocenters. The molecule has 1 amide bonds. The molecule has 2 N–H and O–H groups in total. The fourth-order valence-electron chi connectivity index (χ4n) is 2.13. The fraction of sp³-hybridized carbons (Fsp3) is 0.105. The van der Waals surface area contributed by atoms with Gasteiger partial charge < -0.3 is 5.32 Å². The van der Waals surface area contributed by atoms with Gasteiger partial charge in [0.15, 0.2) is 0 Å². The van der Waals surface area contributed by atoms with Crippen molar-refractivity contribution in [2.45, 2.75) is 18.7 Å². The largest absolute Gasteiger partial charge is 0.322 e. The minimum Gasteiger partial charge on any atom is -0.322 e. The summed E-state index contributed by atoms with van der Waals surface area (Å²) in [5.74, 6) is -0.346. The number of benzene rings is 2. The third-order valence-electron chi connectivity index (χ3n) is 3.39. The number of halogens is 1. The molecule has 2 rings (SSSR count). The van der Waals surface area contributed by atoms with Crippen molar-refractivity contribution in [2.75, 3.05) is 10.0 Å². The fourth-order valence-corrected chi connectivity index (χ4v) is 3.59. The van der Waals surface area contributed by atoms with Gasteiger partial charge in [-0.05, 0) is 55.8 Å². The predicted molar refractivity (Wildman–Crippen MR) is 106 cm³/mol. The lowest BCUT2D eigenvalue weighted by atomic mass is 10.2.